The number of fused-ring (bicyclic) bond motifs is 1. The van der Waals surface area contributed by atoms with E-state index in [9.17, 15) is 4.79 Å². The summed E-state index contributed by atoms with van der Waals surface area (Å²) in [6.07, 6.45) is 4.18. The molecule has 2 aromatic heterocycles. The normalized spacial score (nSPS) is 29.2. The van der Waals surface area contributed by atoms with E-state index in [1.165, 1.54) is 11.3 Å². The summed E-state index contributed by atoms with van der Waals surface area (Å²) < 4.78 is 8.24. The van der Waals surface area contributed by atoms with Gasteiger partial charge in [-0.05, 0) is 69.1 Å². The highest BCUT2D eigenvalue weighted by Gasteiger charge is 2.72. The number of likely N-dealkylation sites (tertiary alicyclic amines) is 1. The van der Waals surface area contributed by atoms with Gasteiger partial charge in [-0.2, -0.15) is 9.50 Å². The molecular formula is C28H34N6O2. The van der Waals surface area contributed by atoms with Crippen LogP contribution in [0.1, 0.15) is 55.4 Å². The fourth-order valence-electron chi connectivity index (χ4n) is 7.20. The van der Waals surface area contributed by atoms with Gasteiger partial charge in [0.05, 0.1) is 23.3 Å². The van der Waals surface area contributed by atoms with Gasteiger partial charge in [0, 0.05) is 31.7 Å². The number of amides is 1. The molecule has 0 N–H and O–H groups in total. The van der Waals surface area contributed by atoms with Crippen molar-refractivity contribution in [2.45, 2.75) is 64.9 Å². The van der Waals surface area contributed by atoms with Gasteiger partial charge in [0.1, 0.15) is 11.9 Å². The smallest absolute Gasteiger partial charge is 0.253 e. The number of ether oxygens (including phenoxy) is 1. The van der Waals surface area contributed by atoms with E-state index in [1.54, 1.807) is 4.52 Å². The Hall–Kier alpha value is -3.16. The van der Waals surface area contributed by atoms with E-state index in [0.29, 0.717) is 23.4 Å². The van der Waals surface area contributed by atoms with Crippen molar-refractivity contribution in [1.29, 1.82) is 0 Å². The summed E-state index contributed by atoms with van der Waals surface area (Å²) in [6.45, 7) is 11.8. The fourth-order valence-corrected chi connectivity index (χ4v) is 7.20. The second-order valence-electron chi connectivity index (χ2n) is 11.9. The maximum Gasteiger partial charge on any atom is 0.253 e. The summed E-state index contributed by atoms with van der Waals surface area (Å²) in [5.41, 5.74) is 4.64. The lowest BCUT2D eigenvalue weighted by molar-refractivity contribution is -0.192. The highest BCUT2D eigenvalue weighted by Crippen LogP contribution is 2.74. The third-order valence-corrected chi connectivity index (χ3v) is 9.05. The molecule has 4 heterocycles. The second kappa shape index (κ2) is 7.43. The van der Waals surface area contributed by atoms with Gasteiger partial charge in [-0.25, -0.2) is 4.98 Å². The Morgan fingerprint density at radius 2 is 1.75 bits per heavy atom. The number of aryl methyl sites for hydroxylation is 3. The Kier molecular flexibility index (Phi) is 4.56. The van der Waals surface area contributed by atoms with Crippen LogP contribution in [0.15, 0.2) is 24.3 Å². The quantitative estimate of drug-likeness (QED) is 0.549. The Morgan fingerprint density at radius 3 is 2.44 bits per heavy atom. The van der Waals surface area contributed by atoms with E-state index >= 15 is 0 Å². The van der Waals surface area contributed by atoms with Crippen LogP contribution in [0.2, 0.25) is 0 Å². The molecule has 1 amide bonds. The lowest BCUT2D eigenvalue weighted by atomic mass is 9.33. The maximum atomic E-state index is 12.9. The lowest BCUT2D eigenvalue weighted by Crippen LogP contribution is -2.72. The molecule has 1 aromatic carbocycles. The standard InChI is InChI=1S/C28H34N6O2/c1-17-11-33(12-17)25(35)28-14-27(15-28,16-28)21-5-7-22(8-6-21)32-10-9-23(13-32)36-24-18(2)29-26-30-20(4)31-34(26)19(24)3/h5-8,17,23H,9-16H2,1-4H3/t23-,27?,28?/m1/s1. The number of anilines is 1. The summed E-state index contributed by atoms with van der Waals surface area (Å²) >= 11 is 0. The molecule has 8 rings (SSSR count). The summed E-state index contributed by atoms with van der Waals surface area (Å²) in [4.78, 5) is 26.3. The molecule has 0 spiro atoms. The molecule has 2 bridgehead atoms. The third-order valence-electron chi connectivity index (χ3n) is 9.05. The fraction of sp³-hybridized carbons (Fsp3) is 0.571. The minimum Gasteiger partial charge on any atom is -0.485 e. The van der Waals surface area contributed by atoms with Gasteiger partial charge in [0.25, 0.3) is 5.78 Å². The van der Waals surface area contributed by atoms with E-state index in [4.69, 9.17) is 4.74 Å². The summed E-state index contributed by atoms with van der Waals surface area (Å²) in [7, 11) is 0. The monoisotopic (exact) mass is 486 g/mol. The van der Waals surface area contributed by atoms with Gasteiger partial charge in [0.2, 0.25) is 5.91 Å². The van der Waals surface area contributed by atoms with Crippen LogP contribution in [0.4, 0.5) is 5.69 Å². The molecule has 3 aromatic rings. The number of rotatable bonds is 5. The van der Waals surface area contributed by atoms with Crippen molar-refractivity contribution < 1.29 is 9.53 Å². The zero-order valence-corrected chi connectivity index (χ0v) is 21.6. The van der Waals surface area contributed by atoms with E-state index in [-0.39, 0.29) is 16.9 Å². The number of carbonyl (C=O) groups excluding carboxylic acids is 1. The first kappa shape index (κ1) is 22.1. The van der Waals surface area contributed by atoms with Crippen LogP contribution in [0.5, 0.6) is 5.75 Å². The van der Waals surface area contributed by atoms with Gasteiger partial charge in [0.15, 0.2) is 5.75 Å². The van der Waals surface area contributed by atoms with Crippen molar-refractivity contribution in [3.63, 3.8) is 0 Å². The van der Waals surface area contributed by atoms with Crippen molar-refractivity contribution in [2.24, 2.45) is 11.3 Å². The van der Waals surface area contributed by atoms with Crippen molar-refractivity contribution >= 4 is 17.4 Å². The van der Waals surface area contributed by atoms with Gasteiger partial charge < -0.3 is 14.5 Å². The van der Waals surface area contributed by atoms with Crippen molar-refractivity contribution in [3.05, 3.63) is 47.0 Å². The van der Waals surface area contributed by atoms with Crippen molar-refractivity contribution in [3.8, 4) is 5.75 Å². The Bertz CT molecular complexity index is 1350. The average Bonchev–Trinajstić information content (AvgIpc) is 3.39. The molecule has 3 aliphatic carbocycles. The second-order valence-corrected chi connectivity index (χ2v) is 11.9. The number of hydrogen-bond donors (Lipinski definition) is 0. The zero-order chi connectivity index (χ0) is 24.8. The highest BCUT2D eigenvalue weighted by molar-refractivity contribution is 5.88. The van der Waals surface area contributed by atoms with Gasteiger partial charge in [-0.15, -0.1) is 5.10 Å². The average molecular weight is 487 g/mol. The predicted molar refractivity (Wildman–Crippen MR) is 136 cm³/mol. The Labute approximate surface area is 211 Å². The van der Waals surface area contributed by atoms with E-state index in [1.807, 2.05) is 20.8 Å². The number of hydrogen-bond acceptors (Lipinski definition) is 6. The SMILES string of the molecule is Cc1nc2nc(C)c(O[C@@H]3CCN(c4ccc(C56CC(C(=O)N7CC(C)C7)(C5)C6)cc4)C3)c(C)n2n1. The molecule has 5 fully saturated rings. The first-order valence-electron chi connectivity index (χ1n) is 13.3. The van der Waals surface area contributed by atoms with E-state index in [0.717, 1.165) is 69.0 Å². The van der Waals surface area contributed by atoms with Crippen LogP contribution < -0.4 is 9.64 Å². The van der Waals surface area contributed by atoms with Crippen LogP contribution in [0.3, 0.4) is 0 Å². The van der Waals surface area contributed by atoms with Crippen LogP contribution in [-0.4, -0.2) is 62.7 Å². The number of benzene rings is 1. The minimum absolute atomic E-state index is 0.0443. The van der Waals surface area contributed by atoms with E-state index in [2.05, 4.69) is 56.1 Å². The minimum atomic E-state index is -0.0443. The Balaban J connectivity index is 0.993. The van der Waals surface area contributed by atoms with Crippen molar-refractivity contribution in [1.82, 2.24) is 24.5 Å². The first-order valence-corrected chi connectivity index (χ1v) is 13.3. The third kappa shape index (κ3) is 3.12. The van der Waals surface area contributed by atoms with Gasteiger partial charge in [-0.3, -0.25) is 4.79 Å². The van der Waals surface area contributed by atoms with E-state index < -0.39 is 0 Å². The summed E-state index contributed by atoms with van der Waals surface area (Å²) in [5, 5.41) is 4.46. The highest BCUT2D eigenvalue weighted by atomic mass is 16.5. The molecule has 8 nitrogen and oxygen atoms in total. The Morgan fingerprint density at radius 1 is 1.03 bits per heavy atom. The molecule has 8 heteroatoms. The van der Waals surface area contributed by atoms with Gasteiger partial charge in [-0.1, -0.05) is 19.1 Å². The maximum absolute atomic E-state index is 12.9. The summed E-state index contributed by atoms with van der Waals surface area (Å²) in [5.74, 6) is 3.24. The van der Waals surface area contributed by atoms with Crippen LogP contribution in [0, 0.1) is 32.1 Å². The largest absolute Gasteiger partial charge is 0.485 e. The molecule has 5 aliphatic rings. The molecule has 1 atom stereocenters. The van der Waals surface area contributed by atoms with Crippen LogP contribution in [0.25, 0.3) is 5.78 Å². The van der Waals surface area contributed by atoms with Crippen LogP contribution >= 0.6 is 0 Å². The molecule has 2 aliphatic heterocycles. The summed E-state index contributed by atoms with van der Waals surface area (Å²) in [6, 6.07) is 9.10. The number of carbonyl (C=O) groups is 1. The molecule has 188 valence electrons. The zero-order valence-electron chi connectivity index (χ0n) is 21.6. The molecule has 0 radical (unpaired) electrons. The topological polar surface area (TPSA) is 75.9 Å². The molecular weight excluding hydrogens is 452 g/mol. The van der Waals surface area contributed by atoms with Crippen molar-refractivity contribution in [2.75, 3.05) is 31.1 Å². The number of aromatic nitrogens is 4. The molecule has 3 saturated carbocycles. The predicted octanol–water partition coefficient (Wildman–Crippen LogP) is 3.61. The molecule has 2 saturated heterocycles. The van der Waals surface area contributed by atoms with Crippen LogP contribution in [-0.2, 0) is 10.2 Å². The lowest BCUT2D eigenvalue weighted by Gasteiger charge is -2.71. The van der Waals surface area contributed by atoms with Gasteiger partial charge >= 0.3 is 0 Å². The first-order chi connectivity index (χ1) is 17.3. The molecule has 36 heavy (non-hydrogen) atoms. The molecule has 0 unspecified atom stereocenters. The number of nitrogens with zero attached hydrogens (tertiary/aromatic N) is 6.